The van der Waals surface area contributed by atoms with Crippen molar-refractivity contribution in [2.45, 2.75) is 129 Å². The Hall–Kier alpha value is -0.570. The lowest BCUT2D eigenvalue weighted by Crippen LogP contribution is -2.31. The summed E-state index contributed by atoms with van der Waals surface area (Å²) >= 11 is 0. The number of carbonyl (C=O) groups is 1. The first-order chi connectivity index (χ1) is 11.5. The molecule has 0 saturated carbocycles. The molecule has 2 N–H and O–H groups in total. The molecule has 0 spiro atoms. The number of hydrogen-bond donors (Lipinski definition) is 2. The van der Waals surface area contributed by atoms with Gasteiger partial charge in [0.2, 0.25) is 0 Å². The summed E-state index contributed by atoms with van der Waals surface area (Å²) in [5.41, 5.74) is -0.987. The summed E-state index contributed by atoms with van der Waals surface area (Å²) in [5, 5.41) is 19.7. The van der Waals surface area contributed by atoms with Gasteiger partial charge in [-0.15, -0.1) is 0 Å². The van der Waals surface area contributed by atoms with Crippen molar-refractivity contribution >= 4 is 5.97 Å². The van der Waals surface area contributed by atoms with E-state index < -0.39 is 11.6 Å². The molecule has 0 aromatic rings. The van der Waals surface area contributed by atoms with Gasteiger partial charge >= 0.3 is 5.97 Å². The first kappa shape index (κ1) is 23.4. The molecule has 1 unspecified atom stereocenters. The number of carboxylic acids is 1. The van der Waals surface area contributed by atoms with Crippen LogP contribution in [0.4, 0.5) is 0 Å². The van der Waals surface area contributed by atoms with Gasteiger partial charge in [-0.2, -0.15) is 0 Å². The van der Waals surface area contributed by atoms with Crippen LogP contribution in [0.3, 0.4) is 0 Å². The van der Waals surface area contributed by atoms with Gasteiger partial charge in [0, 0.05) is 0 Å². The third kappa shape index (κ3) is 15.0. The van der Waals surface area contributed by atoms with E-state index in [1.54, 1.807) is 0 Å². The molecule has 0 fully saturated rings. The van der Waals surface area contributed by atoms with E-state index in [1.165, 1.54) is 64.2 Å². The lowest BCUT2D eigenvalue weighted by molar-refractivity contribution is -0.143. The second kappa shape index (κ2) is 15.9. The van der Waals surface area contributed by atoms with Gasteiger partial charge in [0.05, 0.1) is 12.0 Å². The van der Waals surface area contributed by atoms with E-state index in [0.29, 0.717) is 12.8 Å². The van der Waals surface area contributed by atoms with Crippen LogP contribution in [-0.2, 0) is 4.79 Å². The van der Waals surface area contributed by atoms with Crippen LogP contribution in [-0.4, -0.2) is 21.8 Å². The molecule has 0 aliphatic rings. The molecule has 1 atom stereocenters. The minimum absolute atomic E-state index is 0.0994. The fourth-order valence-corrected chi connectivity index (χ4v) is 3.41. The van der Waals surface area contributed by atoms with Gasteiger partial charge in [0.25, 0.3) is 0 Å². The Bertz CT molecular complexity index is 291. The SMILES string of the molecule is CCCCCCCCCCCC(O)(CCCCCCC)CC(=O)O. The van der Waals surface area contributed by atoms with Crippen molar-refractivity contribution in [2.75, 3.05) is 0 Å². The zero-order valence-electron chi connectivity index (χ0n) is 16.3. The van der Waals surface area contributed by atoms with Crippen LogP contribution in [0.25, 0.3) is 0 Å². The van der Waals surface area contributed by atoms with Gasteiger partial charge in [-0.25, -0.2) is 0 Å². The Balaban J connectivity index is 3.82. The van der Waals surface area contributed by atoms with E-state index >= 15 is 0 Å². The molecule has 0 radical (unpaired) electrons. The average molecular weight is 343 g/mol. The van der Waals surface area contributed by atoms with Crippen molar-refractivity contribution in [3.8, 4) is 0 Å². The van der Waals surface area contributed by atoms with E-state index in [2.05, 4.69) is 13.8 Å². The summed E-state index contributed by atoms with van der Waals surface area (Å²) in [6, 6.07) is 0. The average Bonchev–Trinajstić information content (AvgIpc) is 2.52. The summed E-state index contributed by atoms with van der Waals surface area (Å²) in [7, 11) is 0. The van der Waals surface area contributed by atoms with Crippen LogP contribution in [0.2, 0.25) is 0 Å². The highest BCUT2D eigenvalue weighted by molar-refractivity contribution is 5.68. The highest BCUT2D eigenvalue weighted by Crippen LogP contribution is 2.26. The van der Waals surface area contributed by atoms with Gasteiger partial charge < -0.3 is 10.2 Å². The maximum Gasteiger partial charge on any atom is 0.306 e. The molecule has 0 saturated heterocycles. The summed E-state index contributed by atoms with van der Waals surface area (Å²) in [6.07, 6.45) is 18.1. The zero-order chi connectivity index (χ0) is 18.1. The molecule has 3 nitrogen and oxygen atoms in total. The zero-order valence-corrected chi connectivity index (χ0v) is 16.3. The minimum atomic E-state index is -0.987. The van der Waals surface area contributed by atoms with Crippen molar-refractivity contribution < 1.29 is 15.0 Å². The predicted molar refractivity (Wildman–Crippen MR) is 102 cm³/mol. The standard InChI is InChI=1S/C21H42O3/c1-3-5-7-9-10-11-12-14-16-18-21(24,19-20(22)23)17-15-13-8-6-4-2/h24H,3-19H2,1-2H3,(H,22,23). The topological polar surface area (TPSA) is 57.5 Å². The van der Waals surface area contributed by atoms with Crippen LogP contribution in [0.15, 0.2) is 0 Å². The fourth-order valence-electron chi connectivity index (χ4n) is 3.41. The third-order valence-corrected chi connectivity index (χ3v) is 4.97. The predicted octanol–water partition coefficient (Wildman–Crippen LogP) is 6.47. The summed E-state index contributed by atoms with van der Waals surface area (Å²) in [4.78, 5) is 11.1. The van der Waals surface area contributed by atoms with Gasteiger partial charge in [-0.05, 0) is 12.8 Å². The summed E-state index contributed by atoms with van der Waals surface area (Å²) < 4.78 is 0. The van der Waals surface area contributed by atoms with Crippen molar-refractivity contribution in [3.05, 3.63) is 0 Å². The monoisotopic (exact) mass is 342 g/mol. The lowest BCUT2D eigenvalue weighted by Gasteiger charge is -2.26. The van der Waals surface area contributed by atoms with E-state index in [1.807, 2.05) is 0 Å². The van der Waals surface area contributed by atoms with E-state index in [9.17, 15) is 9.90 Å². The van der Waals surface area contributed by atoms with E-state index in [4.69, 9.17) is 5.11 Å². The normalized spacial score (nSPS) is 13.8. The quantitative estimate of drug-likeness (QED) is 0.280. The number of aliphatic carboxylic acids is 1. The summed E-state index contributed by atoms with van der Waals surface area (Å²) in [6.45, 7) is 4.42. The highest BCUT2D eigenvalue weighted by atomic mass is 16.4. The summed E-state index contributed by atoms with van der Waals surface area (Å²) in [5.74, 6) is -0.873. The second-order valence-corrected chi connectivity index (χ2v) is 7.54. The van der Waals surface area contributed by atoms with Crippen molar-refractivity contribution in [1.82, 2.24) is 0 Å². The smallest absolute Gasteiger partial charge is 0.306 e. The van der Waals surface area contributed by atoms with Gasteiger partial charge in [-0.1, -0.05) is 104 Å². The van der Waals surface area contributed by atoms with E-state index in [0.717, 1.165) is 25.7 Å². The first-order valence-electron chi connectivity index (χ1n) is 10.5. The fraction of sp³-hybridized carbons (Fsp3) is 0.952. The maximum absolute atomic E-state index is 11.1. The molecule has 0 aromatic carbocycles. The second-order valence-electron chi connectivity index (χ2n) is 7.54. The Morgan fingerprint density at radius 1 is 0.667 bits per heavy atom. The van der Waals surface area contributed by atoms with Gasteiger partial charge in [0.1, 0.15) is 0 Å². The molecule has 3 heteroatoms. The maximum atomic E-state index is 11.1. The lowest BCUT2D eigenvalue weighted by atomic mass is 9.87. The molecular weight excluding hydrogens is 300 g/mol. The number of hydrogen-bond acceptors (Lipinski definition) is 2. The molecule has 0 amide bonds. The molecule has 0 bridgehead atoms. The van der Waals surface area contributed by atoms with Crippen molar-refractivity contribution in [2.24, 2.45) is 0 Å². The molecule has 0 aliphatic carbocycles. The molecule has 0 aliphatic heterocycles. The van der Waals surface area contributed by atoms with Crippen molar-refractivity contribution in [1.29, 1.82) is 0 Å². The number of unbranched alkanes of at least 4 members (excludes halogenated alkanes) is 12. The van der Waals surface area contributed by atoms with Crippen molar-refractivity contribution in [3.63, 3.8) is 0 Å². The molecular formula is C21H42O3. The molecule has 24 heavy (non-hydrogen) atoms. The molecule has 0 rings (SSSR count). The Morgan fingerprint density at radius 2 is 1.00 bits per heavy atom. The number of rotatable bonds is 18. The first-order valence-corrected chi connectivity index (χ1v) is 10.5. The third-order valence-electron chi connectivity index (χ3n) is 4.97. The Kier molecular flexibility index (Phi) is 15.6. The Labute approximate surface area is 150 Å². The molecule has 144 valence electrons. The molecule has 0 aromatic heterocycles. The van der Waals surface area contributed by atoms with Crippen LogP contribution < -0.4 is 0 Å². The number of carboxylic acid groups (broad SMARTS) is 1. The largest absolute Gasteiger partial charge is 0.481 e. The number of aliphatic hydroxyl groups is 1. The van der Waals surface area contributed by atoms with Crippen LogP contribution in [0.1, 0.15) is 123 Å². The van der Waals surface area contributed by atoms with Crippen LogP contribution >= 0.6 is 0 Å². The highest BCUT2D eigenvalue weighted by Gasteiger charge is 2.28. The minimum Gasteiger partial charge on any atom is -0.481 e. The van der Waals surface area contributed by atoms with Crippen LogP contribution in [0.5, 0.6) is 0 Å². The Morgan fingerprint density at radius 3 is 1.33 bits per heavy atom. The van der Waals surface area contributed by atoms with Gasteiger partial charge in [0.15, 0.2) is 0 Å². The molecule has 0 heterocycles. The van der Waals surface area contributed by atoms with E-state index in [-0.39, 0.29) is 6.42 Å². The van der Waals surface area contributed by atoms with Crippen LogP contribution in [0, 0.1) is 0 Å². The van der Waals surface area contributed by atoms with Gasteiger partial charge in [-0.3, -0.25) is 4.79 Å².